The highest BCUT2D eigenvalue weighted by Crippen LogP contribution is 2.30. The Hall–Kier alpha value is -0.0800. The van der Waals surface area contributed by atoms with Gasteiger partial charge in [0.25, 0.3) is 0 Å². The number of aliphatic imine (C=N–C) groups is 1. The zero-order valence-electron chi connectivity index (χ0n) is 18.1. The Balaban J connectivity index is 0. The van der Waals surface area contributed by atoms with Gasteiger partial charge in [0.1, 0.15) is 0 Å². The molecule has 0 radical (unpaired) electrons. The second-order valence-corrected chi connectivity index (χ2v) is 7.09. The highest BCUT2D eigenvalue weighted by atomic mass is 127. The predicted octanol–water partition coefficient (Wildman–Crippen LogP) is 3.86. The van der Waals surface area contributed by atoms with E-state index in [1.54, 1.807) is 0 Å². The summed E-state index contributed by atoms with van der Waals surface area (Å²) in [5, 5.41) is 16.3. The lowest BCUT2D eigenvalue weighted by Crippen LogP contribution is -2.43. The fourth-order valence-corrected chi connectivity index (χ4v) is 3.18. The van der Waals surface area contributed by atoms with Crippen LogP contribution in [0.25, 0.3) is 0 Å². The molecule has 0 aromatic heterocycles. The number of hydrogen-bond donors (Lipinski definition) is 3. The van der Waals surface area contributed by atoms with Crippen molar-refractivity contribution in [1.82, 2.24) is 15.5 Å². The normalized spacial score (nSPS) is 13.5. The van der Waals surface area contributed by atoms with Gasteiger partial charge in [0.15, 0.2) is 5.96 Å². The summed E-state index contributed by atoms with van der Waals surface area (Å²) in [5.74, 6) is 0.905. The zero-order valence-corrected chi connectivity index (χ0v) is 20.4. The number of aliphatic hydroxyl groups excluding tert-OH is 1. The second-order valence-electron chi connectivity index (χ2n) is 7.09. The standard InChI is InChI=1S/C20H44N4O.HI/c1-7-20(8-2,14-16-25)17-22-19(21-9-3)23-18(6)13-12-15-24(10-4)11-5;/h18,25H,7-17H2,1-6H3,(H2,21,22,23);1H. The summed E-state index contributed by atoms with van der Waals surface area (Å²) >= 11 is 0. The summed E-state index contributed by atoms with van der Waals surface area (Å²) in [4.78, 5) is 7.30. The molecule has 0 aromatic rings. The maximum Gasteiger partial charge on any atom is 0.191 e. The third-order valence-corrected chi connectivity index (χ3v) is 5.45. The third-order valence-electron chi connectivity index (χ3n) is 5.45. The molecule has 0 aliphatic carbocycles. The van der Waals surface area contributed by atoms with E-state index in [-0.39, 0.29) is 36.0 Å². The minimum absolute atomic E-state index is 0. The number of hydrogen-bond acceptors (Lipinski definition) is 3. The van der Waals surface area contributed by atoms with Gasteiger partial charge >= 0.3 is 0 Å². The van der Waals surface area contributed by atoms with Crippen molar-refractivity contribution in [3.8, 4) is 0 Å². The molecule has 0 fully saturated rings. The smallest absolute Gasteiger partial charge is 0.191 e. The molecule has 158 valence electrons. The van der Waals surface area contributed by atoms with Crippen LogP contribution < -0.4 is 10.6 Å². The number of nitrogens with one attached hydrogen (secondary N) is 2. The van der Waals surface area contributed by atoms with E-state index in [9.17, 15) is 5.11 Å². The van der Waals surface area contributed by atoms with E-state index in [0.717, 1.165) is 64.4 Å². The van der Waals surface area contributed by atoms with Gasteiger partial charge in [0, 0.05) is 25.7 Å². The quantitative estimate of drug-likeness (QED) is 0.199. The molecule has 0 aliphatic heterocycles. The maximum atomic E-state index is 9.38. The largest absolute Gasteiger partial charge is 0.396 e. The SMILES string of the molecule is CCNC(=NCC(CC)(CC)CCO)NC(C)CCCN(CC)CC.I. The first-order valence-electron chi connectivity index (χ1n) is 10.4. The van der Waals surface area contributed by atoms with Crippen LogP contribution in [0, 0.1) is 5.41 Å². The zero-order chi connectivity index (χ0) is 19.1. The lowest BCUT2D eigenvalue weighted by atomic mass is 9.79. The lowest BCUT2D eigenvalue weighted by molar-refractivity contribution is 0.175. The number of aliphatic hydroxyl groups is 1. The van der Waals surface area contributed by atoms with Crippen LogP contribution in [0.5, 0.6) is 0 Å². The van der Waals surface area contributed by atoms with E-state index < -0.39 is 0 Å². The Morgan fingerprint density at radius 2 is 1.73 bits per heavy atom. The van der Waals surface area contributed by atoms with Gasteiger partial charge in [-0.2, -0.15) is 0 Å². The van der Waals surface area contributed by atoms with Crippen LogP contribution >= 0.6 is 24.0 Å². The fourth-order valence-electron chi connectivity index (χ4n) is 3.18. The summed E-state index contributed by atoms with van der Waals surface area (Å²) in [6.45, 7) is 18.5. The van der Waals surface area contributed by atoms with Gasteiger partial charge in [-0.3, -0.25) is 4.99 Å². The van der Waals surface area contributed by atoms with Gasteiger partial charge in [0.05, 0.1) is 0 Å². The molecular weight excluding hydrogens is 439 g/mol. The molecule has 5 nitrogen and oxygen atoms in total. The summed E-state index contributed by atoms with van der Waals surface area (Å²) in [6.07, 6.45) is 5.26. The van der Waals surface area contributed by atoms with Crippen molar-refractivity contribution in [2.24, 2.45) is 10.4 Å². The first-order valence-corrected chi connectivity index (χ1v) is 10.4. The fraction of sp³-hybridized carbons (Fsp3) is 0.950. The molecule has 26 heavy (non-hydrogen) atoms. The van der Waals surface area contributed by atoms with Crippen molar-refractivity contribution in [3.05, 3.63) is 0 Å². The van der Waals surface area contributed by atoms with E-state index in [1.165, 1.54) is 6.42 Å². The minimum atomic E-state index is 0. The molecule has 0 heterocycles. The van der Waals surface area contributed by atoms with E-state index in [4.69, 9.17) is 4.99 Å². The average molecular weight is 485 g/mol. The van der Waals surface area contributed by atoms with Crippen LogP contribution in [-0.2, 0) is 0 Å². The molecule has 0 saturated heterocycles. The maximum absolute atomic E-state index is 9.38. The number of guanidine groups is 1. The van der Waals surface area contributed by atoms with E-state index in [2.05, 4.69) is 57.1 Å². The van der Waals surface area contributed by atoms with Crippen molar-refractivity contribution in [3.63, 3.8) is 0 Å². The summed E-state index contributed by atoms with van der Waals surface area (Å²) in [6, 6.07) is 0.406. The summed E-state index contributed by atoms with van der Waals surface area (Å²) < 4.78 is 0. The average Bonchev–Trinajstić information content (AvgIpc) is 2.62. The Labute approximate surface area is 179 Å². The third kappa shape index (κ3) is 11.6. The molecule has 6 heteroatoms. The van der Waals surface area contributed by atoms with Gasteiger partial charge in [-0.25, -0.2) is 0 Å². The van der Waals surface area contributed by atoms with Crippen molar-refractivity contribution < 1.29 is 5.11 Å². The first-order chi connectivity index (χ1) is 12.0. The van der Waals surface area contributed by atoms with E-state index in [1.807, 2.05) is 0 Å². The number of rotatable bonds is 14. The molecule has 0 rings (SSSR count). The van der Waals surface area contributed by atoms with Crippen LogP contribution in [0.1, 0.15) is 73.6 Å². The van der Waals surface area contributed by atoms with Crippen molar-refractivity contribution in [1.29, 1.82) is 0 Å². The Kier molecular flexibility index (Phi) is 18.4. The minimum Gasteiger partial charge on any atom is -0.396 e. The Morgan fingerprint density at radius 1 is 1.12 bits per heavy atom. The molecule has 0 spiro atoms. The van der Waals surface area contributed by atoms with Crippen LogP contribution in [0.15, 0.2) is 4.99 Å². The van der Waals surface area contributed by atoms with Crippen molar-refractivity contribution in [2.45, 2.75) is 79.7 Å². The van der Waals surface area contributed by atoms with Crippen LogP contribution in [0.4, 0.5) is 0 Å². The summed E-state index contributed by atoms with van der Waals surface area (Å²) in [7, 11) is 0. The van der Waals surface area contributed by atoms with Gasteiger partial charge in [-0.15, -0.1) is 24.0 Å². The van der Waals surface area contributed by atoms with Crippen molar-refractivity contribution >= 4 is 29.9 Å². The molecule has 1 unspecified atom stereocenters. The predicted molar refractivity (Wildman–Crippen MR) is 126 cm³/mol. The van der Waals surface area contributed by atoms with Gasteiger partial charge < -0.3 is 20.6 Å². The Bertz CT molecular complexity index is 345. The molecule has 1 atom stereocenters. The van der Waals surface area contributed by atoms with Crippen molar-refractivity contribution in [2.75, 3.05) is 39.3 Å². The molecule has 0 bridgehead atoms. The number of halogens is 1. The monoisotopic (exact) mass is 484 g/mol. The highest BCUT2D eigenvalue weighted by Gasteiger charge is 2.25. The Morgan fingerprint density at radius 3 is 2.19 bits per heavy atom. The molecule has 0 aliphatic rings. The van der Waals surface area contributed by atoms with Gasteiger partial charge in [-0.1, -0.05) is 27.7 Å². The second kappa shape index (κ2) is 17.0. The molecule has 0 saturated carbocycles. The van der Waals surface area contributed by atoms with E-state index >= 15 is 0 Å². The molecular formula is C20H45IN4O. The van der Waals surface area contributed by atoms with Gasteiger partial charge in [-0.05, 0) is 71.0 Å². The topological polar surface area (TPSA) is 59.9 Å². The first kappa shape index (κ1) is 28.1. The van der Waals surface area contributed by atoms with E-state index in [0.29, 0.717) is 6.04 Å². The lowest BCUT2D eigenvalue weighted by Gasteiger charge is -2.30. The molecule has 0 aromatic carbocycles. The molecule has 0 amide bonds. The van der Waals surface area contributed by atoms with Gasteiger partial charge in [0.2, 0.25) is 0 Å². The highest BCUT2D eigenvalue weighted by molar-refractivity contribution is 14.0. The van der Waals surface area contributed by atoms with Crippen LogP contribution in [0.2, 0.25) is 0 Å². The summed E-state index contributed by atoms with van der Waals surface area (Å²) in [5.41, 5.74) is 0.114. The van der Waals surface area contributed by atoms with Crippen LogP contribution in [0.3, 0.4) is 0 Å². The molecule has 3 N–H and O–H groups in total. The van der Waals surface area contributed by atoms with Crippen LogP contribution in [-0.4, -0.2) is 61.3 Å². The number of nitrogens with zero attached hydrogens (tertiary/aromatic N) is 2.